The molecule has 2 nitrogen and oxygen atoms in total. The minimum absolute atomic E-state index is 0.132. The van der Waals surface area contributed by atoms with Crippen molar-refractivity contribution in [3.05, 3.63) is 35.4 Å². The molecule has 1 aliphatic rings. The highest BCUT2D eigenvalue weighted by Gasteiger charge is 2.40. The van der Waals surface area contributed by atoms with Crippen LogP contribution in [0.15, 0.2) is 24.3 Å². The third-order valence-corrected chi connectivity index (χ3v) is 3.77. The number of aliphatic hydroxyl groups is 1. The van der Waals surface area contributed by atoms with Gasteiger partial charge in [-0.25, -0.2) is 0 Å². The highest BCUT2D eigenvalue weighted by Crippen LogP contribution is 2.48. The number of aliphatic hydroxyl groups excluding tert-OH is 1. The topological polar surface area (TPSA) is 32.3 Å². The van der Waals surface area contributed by atoms with Gasteiger partial charge in [-0.3, -0.25) is 0 Å². The molecule has 0 aromatic heterocycles. The van der Waals surface area contributed by atoms with Crippen molar-refractivity contribution in [2.75, 3.05) is 6.54 Å². The van der Waals surface area contributed by atoms with Crippen LogP contribution in [0, 0.1) is 5.41 Å². The first-order valence-electron chi connectivity index (χ1n) is 6.67. The molecule has 94 valence electrons. The molecule has 1 saturated carbocycles. The van der Waals surface area contributed by atoms with E-state index in [-0.39, 0.29) is 6.61 Å². The second kappa shape index (κ2) is 5.65. The second-order valence-corrected chi connectivity index (χ2v) is 5.33. The fourth-order valence-corrected chi connectivity index (χ4v) is 2.46. The molecular formula is C15H23NO. The van der Waals surface area contributed by atoms with Gasteiger partial charge in [-0.1, -0.05) is 37.6 Å². The molecule has 0 saturated heterocycles. The van der Waals surface area contributed by atoms with E-state index >= 15 is 0 Å². The predicted molar refractivity (Wildman–Crippen MR) is 70.6 cm³/mol. The minimum atomic E-state index is 0.132. The van der Waals surface area contributed by atoms with E-state index in [2.05, 4.69) is 24.4 Å². The first-order chi connectivity index (χ1) is 8.28. The molecule has 0 spiro atoms. The van der Waals surface area contributed by atoms with Crippen LogP contribution in [0.3, 0.4) is 0 Å². The van der Waals surface area contributed by atoms with Gasteiger partial charge in [-0.05, 0) is 35.8 Å². The molecule has 1 aromatic carbocycles. The molecule has 0 unspecified atom stereocenters. The lowest BCUT2D eigenvalue weighted by atomic mass is 10.0. The molecule has 2 heteroatoms. The molecule has 0 radical (unpaired) electrons. The summed E-state index contributed by atoms with van der Waals surface area (Å²) in [6.07, 6.45) is 5.46. The average molecular weight is 233 g/mol. The van der Waals surface area contributed by atoms with Crippen LogP contribution in [0.5, 0.6) is 0 Å². The van der Waals surface area contributed by atoms with Crippen molar-refractivity contribution in [3.63, 3.8) is 0 Å². The van der Waals surface area contributed by atoms with Crippen molar-refractivity contribution in [1.29, 1.82) is 0 Å². The molecule has 1 fully saturated rings. The maximum absolute atomic E-state index is 8.96. The monoisotopic (exact) mass is 233 g/mol. The number of nitrogens with one attached hydrogen (secondary N) is 1. The lowest BCUT2D eigenvalue weighted by molar-refractivity contribution is 0.282. The first-order valence-corrected chi connectivity index (χ1v) is 6.67. The zero-order chi connectivity index (χ0) is 12.1. The molecule has 0 heterocycles. The smallest absolute Gasteiger partial charge is 0.0681 e. The van der Waals surface area contributed by atoms with Crippen LogP contribution in [-0.2, 0) is 13.2 Å². The largest absolute Gasteiger partial charge is 0.392 e. The van der Waals surface area contributed by atoms with Crippen molar-refractivity contribution in [3.8, 4) is 0 Å². The zero-order valence-corrected chi connectivity index (χ0v) is 10.7. The van der Waals surface area contributed by atoms with Crippen molar-refractivity contribution < 1.29 is 5.11 Å². The Bertz CT molecular complexity index is 340. The Morgan fingerprint density at radius 3 is 2.35 bits per heavy atom. The molecular weight excluding hydrogens is 210 g/mol. The molecule has 2 N–H and O–H groups in total. The normalized spacial score (nSPS) is 17.1. The summed E-state index contributed by atoms with van der Waals surface area (Å²) in [5.74, 6) is 0. The summed E-state index contributed by atoms with van der Waals surface area (Å²) < 4.78 is 0. The summed E-state index contributed by atoms with van der Waals surface area (Å²) in [6, 6.07) is 8.18. The van der Waals surface area contributed by atoms with Crippen LogP contribution in [-0.4, -0.2) is 11.7 Å². The van der Waals surface area contributed by atoms with Gasteiger partial charge in [0.2, 0.25) is 0 Å². The van der Waals surface area contributed by atoms with E-state index in [0.29, 0.717) is 5.41 Å². The number of hydrogen-bond donors (Lipinski definition) is 2. The van der Waals surface area contributed by atoms with Gasteiger partial charge in [0, 0.05) is 13.1 Å². The third kappa shape index (κ3) is 3.55. The average Bonchev–Trinajstić information content (AvgIpc) is 3.11. The van der Waals surface area contributed by atoms with Gasteiger partial charge < -0.3 is 10.4 Å². The lowest BCUT2D eigenvalue weighted by Gasteiger charge is -2.14. The van der Waals surface area contributed by atoms with E-state index in [4.69, 9.17) is 5.11 Å². The third-order valence-electron chi connectivity index (χ3n) is 3.77. The zero-order valence-electron chi connectivity index (χ0n) is 10.7. The van der Waals surface area contributed by atoms with E-state index in [1.54, 1.807) is 0 Å². The highest BCUT2D eigenvalue weighted by molar-refractivity contribution is 5.21. The Balaban J connectivity index is 1.74. The molecule has 0 atom stereocenters. The summed E-state index contributed by atoms with van der Waals surface area (Å²) in [5, 5.41) is 12.5. The number of hydrogen-bond acceptors (Lipinski definition) is 2. The van der Waals surface area contributed by atoms with Gasteiger partial charge in [-0.2, -0.15) is 0 Å². The number of rotatable bonds is 7. The molecule has 17 heavy (non-hydrogen) atoms. The van der Waals surface area contributed by atoms with E-state index < -0.39 is 0 Å². The van der Waals surface area contributed by atoms with E-state index in [0.717, 1.165) is 18.7 Å². The Morgan fingerprint density at radius 2 is 1.82 bits per heavy atom. The molecule has 1 aromatic rings. The van der Waals surface area contributed by atoms with Gasteiger partial charge in [-0.15, -0.1) is 0 Å². The number of benzene rings is 1. The first kappa shape index (κ1) is 12.6. The van der Waals surface area contributed by atoms with Crippen molar-refractivity contribution in [1.82, 2.24) is 5.32 Å². The summed E-state index contributed by atoms with van der Waals surface area (Å²) in [5.41, 5.74) is 2.91. The quantitative estimate of drug-likeness (QED) is 0.759. The molecule has 1 aliphatic carbocycles. The van der Waals surface area contributed by atoms with E-state index in [1.165, 1.54) is 31.2 Å². The summed E-state index contributed by atoms with van der Waals surface area (Å²) in [6.45, 7) is 4.50. The Labute approximate surface area is 104 Å². The summed E-state index contributed by atoms with van der Waals surface area (Å²) in [7, 11) is 0. The summed E-state index contributed by atoms with van der Waals surface area (Å²) in [4.78, 5) is 0. The minimum Gasteiger partial charge on any atom is -0.392 e. The molecule has 0 amide bonds. The van der Waals surface area contributed by atoms with Crippen LogP contribution in [0.1, 0.15) is 43.7 Å². The molecule has 0 bridgehead atoms. The van der Waals surface area contributed by atoms with Gasteiger partial charge in [0.1, 0.15) is 0 Å². The molecule has 2 rings (SSSR count). The van der Waals surface area contributed by atoms with E-state index in [9.17, 15) is 0 Å². The Morgan fingerprint density at radius 1 is 1.18 bits per heavy atom. The van der Waals surface area contributed by atoms with Crippen LogP contribution < -0.4 is 5.32 Å². The van der Waals surface area contributed by atoms with E-state index in [1.807, 2.05) is 12.1 Å². The molecule has 0 aliphatic heterocycles. The van der Waals surface area contributed by atoms with Gasteiger partial charge in [0.25, 0.3) is 0 Å². The van der Waals surface area contributed by atoms with Gasteiger partial charge >= 0.3 is 0 Å². The Kier molecular flexibility index (Phi) is 4.19. The Hall–Kier alpha value is -0.860. The lowest BCUT2D eigenvalue weighted by Crippen LogP contribution is -2.23. The summed E-state index contributed by atoms with van der Waals surface area (Å²) >= 11 is 0. The van der Waals surface area contributed by atoms with Crippen LogP contribution in [0.25, 0.3) is 0 Å². The fraction of sp³-hybridized carbons (Fsp3) is 0.600. The second-order valence-electron chi connectivity index (χ2n) is 5.33. The van der Waals surface area contributed by atoms with Crippen LogP contribution in [0.2, 0.25) is 0 Å². The maximum atomic E-state index is 8.96. The van der Waals surface area contributed by atoms with Crippen LogP contribution >= 0.6 is 0 Å². The van der Waals surface area contributed by atoms with Gasteiger partial charge in [0.15, 0.2) is 0 Å². The van der Waals surface area contributed by atoms with Crippen molar-refractivity contribution >= 4 is 0 Å². The SMILES string of the molecule is CCCC1(CNCc2ccc(CO)cc2)CC1. The van der Waals surface area contributed by atoms with Gasteiger partial charge in [0.05, 0.1) is 6.61 Å². The van der Waals surface area contributed by atoms with Crippen molar-refractivity contribution in [2.24, 2.45) is 5.41 Å². The maximum Gasteiger partial charge on any atom is 0.0681 e. The van der Waals surface area contributed by atoms with Crippen LogP contribution in [0.4, 0.5) is 0 Å². The van der Waals surface area contributed by atoms with Crippen molar-refractivity contribution in [2.45, 2.75) is 45.8 Å². The highest BCUT2D eigenvalue weighted by atomic mass is 16.3. The fourth-order valence-electron chi connectivity index (χ4n) is 2.46. The predicted octanol–water partition coefficient (Wildman–Crippen LogP) is 2.85. The standard InChI is InChI=1S/C15H23NO/c1-2-7-15(8-9-15)12-16-10-13-3-5-14(11-17)6-4-13/h3-6,16-17H,2,7-12H2,1H3.